The summed E-state index contributed by atoms with van der Waals surface area (Å²) in [5.74, 6) is 0. The highest BCUT2D eigenvalue weighted by Crippen LogP contribution is 2.22. The van der Waals surface area contributed by atoms with Gasteiger partial charge in [0, 0.05) is 17.0 Å². The van der Waals surface area contributed by atoms with E-state index in [1.54, 1.807) is 11.3 Å². The van der Waals surface area contributed by atoms with Gasteiger partial charge in [0.2, 0.25) is 0 Å². The molecule has 1 aromatic rings. The molecule has 0 aliphatic rings. The quantitative estimate of drug-likeness (QED) is 0.832. The largest absolute Gasteiger partial charge is 0.309 e. The number of hydrogen-bond donors (Lipinski definition) is 1. The second-order valence-corrected chi connectivity index (χ2v) is 5.92. The van der Waals surface area contributed by atoms with Gasteiger partial charge in [-0.1, -0.05) is 17.7 Å². The molecule has 0 saturated carbocycles. The standard InChI is InChI=1S/C11H16ClNS/c1-11(2,3)13-8-4-5-9-6-7-10(12)14-9/h4-7,13H,8H2,1-3H3. The van der Waals surface area contributed by atoms with Crippen LogP contribution in [0.4, 0.5) is 0 Å². The molecule has 0 atom stereocenters. The van der Waals surface area contributed by atoms with Crippen molar-refractivity contribution in [2.45, 2.75) is 26.3 Å². The Labute approximate surface area is 94.8 Å². The molecular weight excluding hydrogens is 214 g/mol. The summed E-state index contributed by atoms with van der Waals surface area (Å²) in [6.45, 7) is 7.35. The molecule has 0 aliphatic carbocycles. The zero-order valence-corrected chi connectivity index (χ0v) is 10.4. The lowest BCUT2D eigenvalue weighted by atomic mass is 10.1. The van der Waals surface area contributed by atoms with Crippen molar-refractivity contribution in [1.82, 2.24) is 5.32 Å². The van der Waals surface area contributed by atoms with E-state index in [1.807, 2.05) is 12.1 Å². The van der Waals surface area contributed by atoms with E-state index >= 15 is 0 Å². The van der Waals surface area contributed by atoms with Crippen LogP contribution in [0.5, 0.6) is 0 Å². The van der Waals surface area contributed by atoms with Crippen LogP contribution < -0.4 is 5.32 Å². The Balaban J connectivity index is 2.35. The molecule has 1 nitrogen and oxygen atoms in total. The molecule has 14 heavy (non-hydrogen) atoms. The maximum atomic E-state index is 5.81. The van der Waals surface area contributed by atoms with E-state index in [0.29, 0.717) is 0 Å². The molecule has 0 aromatic carbocycles. The van der Waals surface area contributed by atoms with Gasteiger partial charge in [-0.25, -0.2) is 0 Å². The summed E-state index contributed by atoms with van der Waals surface area (Å²) < 4.78 is 0.841. The van der Waals surface area contributed by atoms with Crippen LogP contribution in [-0.4, -0.2) is 12.1 Å². The number of hydrogen-bond acceptors (Lipinski definition) is 2. The summed E-state index contributed by atoms with van der Waals surface area (Å²) in [6.07, 6.45) is 4.21. The van der Waals surface area contributed by atoms with Gasteiger partial charge in [0.15, 0.2) is 0 Å². The van der Waals surface area contributed by atoms with E-state index in [0.717, 1.165) is 10.9 Å². The van der Waals surface area contributed by atoms with Gasteiger partial charge in [0.25, 0.3) is 0 Å². The van der Waals surface area contributed by atoms with Crippen molar-refractivity contribution in [3.63, 3.8) is 0 Å². The molecule has 1 aromatic heterocycles. The fourth-order valence-corrected chi connectivity index (χ4v) is 1.95. The van der Waals surface area contributed by atoms with Gasteiger partial charge in [-0.05, 0) is 39.0 Å². The van der Waals surface area contributed by atoms with Crippen LogP contribution in [-0.2, 0) is 0 Å². The molecule has 0 spiro atoms. The average Bonchev–Trinajstić information content (AvgIpc) is 2.44. The molecule has 0 bridgehead atoms. The van der Waals surface area contributed by atoms with Crippen molar-refractivity contribution >= 4 is 29.0 Å². The van der Waals surface area contributed by atoms with E-state index in [1.165, 1.54) is 4.88 Å². The third kappa shape index (κ3) is 4.80. The Hall–Kier alpha value is -0.310. The monoisotopic (exact) mass is 229 g/mol. The first-order chi connectivity index (χ1) is 6.47. The van der Waals surface area contributed by atoms with Gasteiger partial charge in [-0.2, -0.15) is 0 Å². The van der Waals surface area contributed by atoms with Crippen molar-refractivity contribution in [1.29, 1.82) is 0 Å². The highest BCUT2D eigenvalue weighted by Gasteiger charge is 2.05. The van der Waals surface area contributed by atoms with Crippen molar-refractivity contribution in [2.75, 3.05) is 6.54 Å². The van der Waals surface area contributed by atoms with Crippen LogP contribution in [0, 0.1) is 0 Å². The maximum absolute atomic E-state index is 5.81. The molecule has 1 N–H and O–H groups in total. The van der Waals surface area contributed by atoms with E-state index in [9.17, 15) is 0 Å². The summed E-state index contributed by atoms with van der Waals surface area (Å²) in [5.41, 5.74) is 0.178. The van der Waals surface area contributed by atoms with Gasteiger partial charge < -0.3 is 5.32 Å². The van der Waals surface area contributed by atoms with Crippen molar-refractivity contribution in [2.24, 2.45) is 0 Å². The van der Waals surface area contributed by atoms with Crippen LogP contribution in [0.25, 0.3) is 6.08 Å². The molecule has 0 unspecified atom stereocenters. The van der Waals surface area contributed by atoms with Crippen LogP contribution in [0.2, 0.25) is 4.34 Å². The van der Waals surface area contributed by atoms with Crippen LogP contribution in [0.1, 0.15) is 25.6 Å². The Bertz CT molecular complexity index is 309. The maximum Gasteiger partial charge on any atom is 0.0934 e. The highest BCUT2D eigenvalue weighted by molar-refractivity contribution is 7.16. The molecule has 0 saturated heterocycles. The zero-order valence-electron chi connectivity index (χ0n) is 8.80. The van der Waals surface area contributed by atoms with Gasteiger partial charge in [-0.3, -0.25) is 0 Å². The third-order valence-corrected chi connectivity index (χ3v) is 2.82. The van der Waals surface area contributed by atoms with Crippen molar-refractivity contribution in [3.05, 3.63) is 27.4 Å². The van der Waals surface area contributed by atoms with Gasteiger partial charge in [0.1, 0.15) is 0 Å². The highest BCUT2D eigenvalue weighted by atomic mass is 35.5. The normalized spacial score (nSPS) is 12.6. The summed E-state index contributed by atoms with van der Waals surface area (Å²) >= 11 is 7.41. The first-order valence-corrected chi connectivity index (χ1v) is 5.84. The van der Waals surface area contributed by atoms with E-state index in [4.69, 9.17) is 11.6 Å². The Morgan fingerprint density at radius 3 is 2.64 bits per heavy atom. The van der Waals surface area contributed by atoms with Crippen LogP contribution in [0.3, 0.4) is 0 Å². The Morgan fingerprint density at radius 2 is 2.14 bits per heavy atom. The first-order valence-electron chi connectivity index (χ1n) is 4.64. The molecule has 1 heterocycles. The first kappa shape index (κ1) is 11.8. The number of thiophene rings is 1. The van der Waals surface area contributed by atoms with Crippen molar-refractivity contribution in [3.8, 4) is 0 Å². The molecule has 0 aliphatic heterocycles. The smallest absolute Gasteiger partial charge is 0.0934 e. The fraction of sp³-hybridized carbons (Fsp3) is 0.455. The lowest BCUT2D eigenvalue weighted by Gasteiger charge is -2.18. The number of halogens is 1. The second-order valence-electron chi connectivity index (χ2n) is 4.18. The van der Waals surface area contributed by atoms with Crippen molar-refractivity contribution < 1.29 is 0 Å². The third-order valence-electron chi connectivity index (χ3n) is 1.63. The van der Waals surface area contributed by atoms with Crippen LogP contribution in [0.15, 0.2) is 18.2 Å². The fourth-order valence-electron chi connectivity index (χ4n) is 0.958. The lowest BCUT2D eigenvalue weighted by Crippen LogP contribution is -2.35. The average molecular weight is 230 g/mol. The molecule has 1 rings (SSSR count). The Kier molecular flexibility index (Phi) is 4.17. The molecule has 78 valence electrons. The predicted molar refractivity (Wildman–Crippen MR) is 66.1 cm³/mol. The van der Waals surface area contributed by atoms with Crippen LogP contribution >= 0.6 is 22.9 Å². The summed E-state index contributed by atoms with van der Waals surface area (Å²) in [5, 5.41) is 3.38. The molecular formula is C11H16ClNS. The van der Waals surface area contributed by atoms with Gasteiger partial charge in [0.05, 0.1) is 4.34 Å². The van der Waals surface area contributed by atoms with Gasteiger partial charge >= 0.3 is 0 Å². The number of rotatable bonds is 3. The SMILES string of the molecule is CC(C)(C)NCC=Cc1ccc(Cl)s1. The molecule has 0 fully saturated rings. The predicted octanol–water partition coefficient (Wildman–Crippen LogP) is 3.80. The lowest BCUT2D eigenvalue weighted by molar-refractivity contribution is 0.450. The molecule has 3 heteroatoms. The topological polar surface area (TPSA) is 12.0 Å². The zero-order chi connectivity index (χ0) is 10.6. The molecule has 0 amide bonds. The van der Waals surface area contributed by atoms with E-state index < -0.39 is 0 Å². The number of nitrogens with one attached hydrogen (secondary N) is 1. The van der Waals surface area contributed by atoms with E-state index in [-0.39, 0.29) is 5.54 Å². The minimum atomic E-state index is 0.178. The summed E-state index contributed by atoms with van der Waals surface area (Å²) in [4.78, 5) is 1.20. The van der Waals surface area contributed by atoms with E-state index in [2.05, 4.69) is 38.2 Å². The minimum absolute atomic E-state index is 0.178. The van der Waals surface area contributed by atoms with Gasteiger partial charge in [-0.15, -0.1) is 11.3 Å². The summed E-state index contributed by atoms with van der Waals surface area (Å²) in [7, 11) is 0. The second kappa shape index (κ2) is 4.96. The molecule has 0 radical (unpaired) electrons. The Morgan fingerprint density at radius 1 is 1.43 bits per heavy atom. The summed E-state index contributed by atoms with van der Waals surface area (Å²) in [6, 6.07) is 3.95. The minimum Gasteiger partial charge on any atom is -0.309 e.